The summed E-state index contributed by atoms with van der Waals surface area (Å²) in [7, 11) is 0. The Bertz CT molecular complexity index is 1330. The van der Waals surface area contributed by atoms with Crippen molar-refractivity contribution in [2.45, 2.75) is 12.8 Å². The molecule has 0 bridgehead atoms. The first-order chi connectivity index (χ1) is 15.8. The van der Waals surface area contributed by atoms with Gasteiger partial charge in [-0.15, -0.1) is 22.7 Å². The van der Waals surface area contributed by atoms with Crippen LogP contribution >= 0.6 is 22.7 Å². The minimum Gasteiger partial charge on any atom is -0.352 e. The predicted octanol–water partition coefficient (Wildman–Crippen LogP) is 6.45. The average Bonchev–Trinajstić information content (AvgIpc) is 3.56. The minimum atomic E-state index is -0.0817. The molecule has 0 aliphatic carbocycles. The lowest BCUT2D eigenvalue weighted by Gasteiger charge is -2.09. The third kappa shape index (κ3) is 4.47. The molecule has 0 unspecified atom stereocenters. The van der Waals surface area contributed by atoms with Crippen molar-refractivity contribution in [1.82, 2.24) is 15.3 Å². The maximum absolute atomic E-state index is 12.7. The quantitative estimate of drug-likeness (QED) is 0.287. The Morgan fingerprint density at radius 2 is 1.47 bits per heavy atom. The molecule has 0 radical (unpaired) electrons. The zero-order valence-corrected chi connectivity index (χ0v) is 19.0. The largest absolute Gasteiger partial charge is 0.352 e. The van der Waals surface area contributed by atoms with Crippen molar-refractivity contribution in [2.24, 2.45) is 0 Å². The molecule has 1 amide bonds. The highest BCUT2D eigenvalue weighted by Crippen LogP contribution is 2.35. The van der Waals surface area contributed by atoms with Crippen molar-refractivity contribution in [3.05, 3.63) is 94.7 Å². The number of hydrogen-bond donors (Lipinski definition) is 1. The summed E-state index contributed by atoms with van der Waals surface area (Å²) in [6.07, 6.45) is 1.84. The second-order valence-corrected chi connectivity index (χ2v) is 9.32. The summed E-state index contributed by atoms with van der Waals surface area (Å²) in [5.74, 6) is -0.0817. The van der Waals surface area contributed by atoms with Crippen molar-refractivity contribution in [2.75, 3.05) is 6.54 Å². The number of benzene rings is 2. The molecule has 0 spiro atoms. The van der Waals surface area contributed by atoms with Crippen LogP contribution < -0.4 is 5.32 Å². The van der Waals surface area contributed by atoms with Crippen LogP contribution in [0.15, 0.2) is 83.6 Å². The number of aryl methyl sites for hydroxylation is 1. The van der Waals surface area contributed by atoms with E-state index in [9.17, 15) is 4.79 Å². The molecule has 3 heterocycles. The molecule has 0 fully saturated rings. The molecular formula is C26H21N3OS2. The summed E-state index contributed by atoms with van der Waals surface area (Å²) >= 11 is 3.29. The van der Waals surface area contributed by atoms with Crippen molar-refractivity contribution in [3.63, 3.8) is 0 Å². The highest BCUT2D eigenvalue weighted by Gasteiger charge is 2.16. The molecule has 4 nitrogen and oxygen atoms in total. The van der Waals surface area contributed by atoms with E-state index in [2.05, 4.69) is 29.6 Å². The number of rotatable bonds is 7. The second kappa shape index (κ2) is 9.42. The molecule has 0 aliphatic rings. The van der Waals surface area contributed by atoms with Crippen molar-refractivity contribution >= 4 is 39.6 Å². The van der Waals surface area contributed by atoms with Gasteiger partial charge in [0.25, 0.3) is 5.91 Å². The zero-order chi connectivity index (χ0) is 21.8. The van der Waals surface area contributed by atoms with Gasteiger partial charge in [0.05, 0.1) is 20.8 Å². The van der Waals surface area contributed by atoms with Crippen LogP contribution in [-0.4, -0.2) is 22.4 Å². The highest BCUT2D eigenvalue weighted by atomic mass is 32.1. The maximum Gasteiger partial charge on any atom is 0.251 e. The molecule has 0 atom stereocenters. The molecule has 3 aromatic heterocycles. The Labute approximate surface area is 194 Å². The number of hydrogen-bond acceptors (Lipinski definition) is 5. The van der Waals surface area contributed by atoms with Gasteiger partial charge < -0.3 is 5.32 Å². The van der Waals surface area contributed by atoms with Gasteiger partial charge in [0.1, 0.15) is 11.4 Å². The van der Waals surface area contributed by atoms with E-state index in [4.69, 9.17) is 9.97 Å². The maximum atomic E-state index is 12.7. The fraction of sp³-hybridized carbons (Fsp3) is 0.115. The van der Waals surface area contributed by atoms with Crippen LogP contribution in [-0.2, 0) is 6.42 Å². The van der Waals surface area contributed by atoms with Gasteiger partial charge in [-0.1, -0.05) is 42.5 Å². The van der Waals surface area contributed by atoms with Crippen molar-refractivity contribution < 1.29 is 4.79 Å². The van der Waals surface area contributed by atoms with Crippen LogP contribution in [0.4, 0.5) is 0 Å². The van der Waals surface area contributed by atoms with Gasteiger partial charge in [-0.25, -0.2) is 9.97 Å². The Morgan fingerprint density at radius 3 is 2.12 bits per heavy atom. The van der Waals surface area contributed by atoms with Gasteiger partial charge in [-0.2, -0.15) is 0 Å². The van der Waals surface area contributed by atoms with E-state index in [-0.39, 0.29) is 5.91 Å². The van der Waals surface area contributed by atoms with Crippen molar-refractivity contribution in [1.29, 1.82) is 0 Å². The third-order valence-corrected chi connectivity index (χ3v) is 6.96. The Balaban J connectivity index is 1.37. The van der Waals surface area contributed by atoms with Gasteiger partial charge in [0.2, 0.25) is 0 Å². The van der Waals surface area contributed by atoms with Crippen LogP contribution in [0, 0.1) is 0 Å². The van der Waals surface area contributed by atoms with Crippen LogP contribution in [0.25, 0.3) is 32.2 Å². The normalized spacial score (nSPS) is 11.0. The molecule has 5 aromatic rings. The van der Waals surface area contributed by atoms with E-state index in [1.54, 1.807) is 22.7 Å². The van der Waals surface area contributed by atoms with E-state index < -0.39 is 0 Å². The first-order valence-electron chi connectivity index (χ1n) is 10.5. The summed E-state index contributed by atoms with van der Waals surface area (Å²) in [6, 6.07) is 24.0. The summed E-state index contributed by atoms with van der Waals surface area (Å²) in [5.41, 5.74) is 5.14. The van der Waals surface area contributed by atoms with E-state index in [0.717, 1.165) is 45.0 Å². The summed E-state index contributed by atoms with van der Waals surface area (Å²) in [6.45, 7) is 0.634. The van der Waals surface area contributed by atoms with Gasteiger partial charge in [0, 0.05) is 12.1 Å². The van der Waals surface area contributed by atoms with Crippen LogP contribution in [0.5, 0.6) is 0 Å². The number of carbonyl (C=O) groups excluding carboxylic acids is 1. The van der Waals surface area contributed by atoms with E-state index >= 15 is 0 Å². The van der Waals surface area contributed by atoms with E-state index in [1.165, 1.54) is 5.56 Å². The van der Waals surface area contributed by atoms with Gasteiger partial charge in [-0.05, 0) is 59.5 Å². The fourth-order valence-electron chi connectivity index (χ4n) is 3.61. The number of fused-ring (bicyclic) bond motifs is 1. The monoisotopic (exact) mass is 455 g/mol. The van der Waals surface area contributed by atoms with Crippen LogP contribution in [0.3, 0.4) is 0 Å². The molecule has 0 saturated carbocycles. The molecule has 1 N–H and O–H groups in total. The molecule has 0 aliphatic heterocycles. The zero-order valence-electron chi connectivity index (χ0n) is 17.3. The van der Waals surface area contributed by atoms with E-state index in [0.29, 0.717) is 12.1 Å². The first kappa shape index (κ1) is 20.5. The summed E-state index contributed by atoms with van der Waals surface area (Å²) < 4.78 is 0. The Kier molecular flexibility index (Phi) is 6.05. The molecule has 32 heavy (non-hydrogen) atoms. The molecule has 6 heteroatoms. The predicted molar refractivity (Wildman–Crippen MR) is 133 cm³/mol. The topological polar surface area (TPSA) is 54.9 Å². The first-order valence-corrected chi connectivity index (χ1v) is 12.3. The number of carbonyl (C=O) groups is 1. The SMILES string of the molecule is O=C(NCCCc1ccccc1)c1ccc2nc(-c3cccs3)c(-c3cccs3)nc2c1. The van der Waals surface area contributed by atoms with Gasteiger partial charge in [-0.3, -0.25) is 4.79 Å². The number of nitrogens with one attached hydrogen (secondary N) is 1. The standard InChI is InChI=1S/C26H21N3OS2/c30-26(27-14-4-9-18-7-2-1-3-8-18)19-12-13-20-21(17-19)29-25(23-11-6-16-32-23)24(28-20)22-10-5-15-31-22/h1-3,5-8,10-13,15-17H,4,9,14H2,(H,27,30). The Morgan fingerprint density at radius 1 is 0.781 bits per heavy atom. The van der Waals surface area contributed by atoms with Crippen LogP contribution in [0.2, 0.25) is 0 Å². The smallest absolute Gasteiger partial charge is 0.251 e. The average molecular weight is 456 g/mol. The Hall–Kier alpha value is -3.35. The number of aromatic nitrogens is 2. The number of nitrogens with zero attached hydrogens (tertiary/aromatic N) is 2. The summed E-state index contributed by atoms with van der Waals surface area (Å²) in [4.78, 5) is 24.7. The van der Waals surface area contributed by atoms with Gasteiger partial charge >= 0.3 is 0 Å². The molecule has 0 saturated heterocycles. The lowest BCUT2D eigenvalue weighted by molar-refractivity contribution is 0.0953. The lowest BCUT2D eigenvalue weighted by atomic mass is 10.1. The molecular weight excluding hydrogens is 434 g/mol. The molecule has 158 valence electrons. The number of amides is 1. The van der Waals surface area contributed by atoms with Crippen LogP contribution in [0.1, 0.15) is 22.3 Å². The molecule has 5 rings (SSSR count). The van der Waals surface area contributed by atoms with Crippen molar-refractivity contribution in [3.8, 4) is 21.1 Å². The minimum absolute atomic E-state index is 0.0817. The number of thiophene rings is 2. The summed E-state index contributed by atoms with van der Waals surface area (Å²) in [5, 5.41) is 7.11. The highest BCUT2D eigenvalue weighted by molar-refractivity contribution is 7.14. The lowest BCUT2D eigenvalue weighted by Crippen LogP contribution is -2.24. The molecule has 2 aromatic carbocycles. The second-order valence-electron chi connectivity index (χ2n) is 7.42. The van der Waals surface area contributed by atoms with Gasteiger partial charge in [0.15, 0.2) is 0 Å². The fourth-order valence-corrected chi connectivity index (χ4v) is 5.04. The van der Waals surface area contributed by atoms with E-state index in [1.807, 2.05) is 59.3 Å². The third-order valence-electron chi connectivity index (χ3n) is 5.21.